The van der Waals surface area contributed by atoms with E-state index >= 15 is 0 Å². The SMILES string of the molecule is COC(=O)CN(C)c1cc(F)cc(F)c1[N+](=O)[O-]. The fraction of sp³-hybridized carbons (Fsp3) is 0.300. The number of nitro benzene ring substituents is 1. The number of hydrogen-bond acceptors (Lipinski definition) is 5. The normalized spacial score (nSPS) is 10.0. The van der Waals surface area contributed by atoms with Gasteiger partial charge in [-0.2, -0.15) is 4.39 Å². The molecule has 0 spiro atoms. The molecule has 1 aromatic carbocycles. The number of esters is 1. The number of benzene rings is 1. The van der Waals surface area contributed by atoms with Gasteiger partial charge in [-0.25, -0.2) is 4.39 Å². The first-order valence-electron chi connectivity index (χ1n) is 4.78. The number of likely N-dealkylation sites (N-methyl/N-ethyl adjacent to an activating group) is 1. The van der Waals surface area contributed by atoms with Crippen molar-refractivity contribution in [3.05, 3.63) is 33.9 Å². The van der Waals surface area contributed by atoms with E-state index in [4.69, 9.17) is 0 Å². The van der Waals surface area contributed by atoms with Crippen molar-refractivity contribution >= 4 is 17.3 Å². The Morgan fingerprint density at radius 1 is 1.50 bits per heavy atom. The minimum Gasteiger partial charge on any atom is -0.468 e. The zero-order chi connectivity index (χ0) is 13.9. The second-order valence-corrected chi connectivity index (χ2v) is 3.44. The van der Waals surface area contributed by atoms with Crippen LogP contribution in [0, 0.1) is 21.7 Å². The van der Waals surface area contributed by atoms with Crippen LogP contribution in [0.1, 0.15) is 0 Å². The number of anilines is 1. The Morgan fingerprint density at radius 2 is 2.11 bits per heavy atom. The average molecular weight is 260 g/mol. The third kappa shape index (κ3) is 2.90. The van der Waals surface area contributed by atoms with E-state index in [9.17, 15) is 23.7 Å². The van der Waals surface area contributed by atoms with Gasteiger partial charge in [0.25, 0.3) is 0 Å². The Balaban J connectivity index is 3.21. The lowest BCUT2D eigenvalue weighted by molar-refractivity contribution is -0.386. The van der Waals surface area contributed by atoms with Gasteiger partial charge in [0, 0.05) is 19.2 Å². The number of hydrogen-bond donors (Lipinski definition) is 0. The van der Waals surface area contributed by atoms with E-state index in [-0.39, 0.29) is 12.2 Å². The standard InChI is InChI=1S/C10H10F2N2O4/c1-13(5-9(15)18-2)8-4-6(11)3-7(12)10(8)14(16)17/h3-4H,5H2,1-2H3. The van der Waals surface area contributed by atoms with Gasteiger partial charge in [0.1, 0.15) is 18.0 Å². The molecule has 1 rings (SSSR count). The van der Waals surface area contributed by atoms with Crippen LogP contribution in [0.15, 0.2) is 12.1 Å². The van der Waals surface area contributed by atoms with Crippen LogP contribution >= 0.6 is 0 Å². The molecule has 0 aromatic heterocycles. The van der Waals surface area contributed by atoms with Crippen molar-refractivity contribution in [2.45, 2.75) is 0 Å². The zero-order valence-corrected chi connectivity index (χ0v) is 9.65. The van der Waals surface area contributed by atoms with Crippen LogP contribution in [0.5, 0.6) is 0 Å². The van der Waals surface area contributed by atoms with Gasteiger partial charge >= 0.3 is 11.7 Å². The maximum absolute atomic E-state index is 13.3. The van der Waals surface area contributed by atoms with Crippen LogP contribution in [-0.2, 0) is 9.53 Å². The summed E-state index contributed by atoms with van der Waals surface area (Å²) in [5.41, 5.74) is -1.22. The number of methoxy groups -OCH3 is 1. The molecule has 0 aliphatic rings. The Hall–Kier alpha value is -2.25. The lowest BCUT2D eigenvalue weighted by atomic mass is 10.2. The number of carbonyl (C=O) groups is 1. The van der Waals surface area contributed by atoms with Crippen LogP contribution in [0.4, 0.5) is 20.2 Å². The molecule has 98 valence electrons. The molecule has 18 heavy (non-hydrogen) atoms. The highest BCUT2D eigenvalue weighted by molar-refractivity contribution is 5.77. The first kappa shape index (κ1) is 13.8. The minimum absolute atomic E-state index is 0.331. The minimum atomic E-state index is -1.30. The molecule has 8 heteroatoms. The first-order chi connectivity index (χ1) is 8.36. The van der Waals surface area contributed by atoms with Crippen molar-refractivity contribution in [1.29, 1.82) is 0 Å². The summed E-state index contributed by atoms with van der Waals surface area (Å²) in [6, 6.07) is 1.19. The molecular weight excluding hydrogens is 250 g/mol. The number of rotatable bonds is 4. The van der Waals surface area contributed by atoms with E-state index in [2.05, 4.69) is 4.74 Å². The van der Waals surface area contributed by atoms with Crippen molar-refractivity contribution in [3.63, 3.8) is 0 Å². The highest BCUT2D eigenvalue weighted by Crippen LogP contribution is 2.31. The van der Waals surface area contributed by atoms with Crippen LogP contribution in [0.2, 0.25) is 0 Å². The van der Waals surface area contributed by atoms with Crippen molar-refractivity contribution in [3.8, 4) is 0 Å². The van der Waals surface area contributed by atoms with Crippen LogP contribution in [0.3, 0.4) is 0 Å². The van der Waals surface area contributed by atoms with Gasteiger partial charge in [0.05, 0.1) is 12.0 Å². The van der Waals surface area contributed by atoms with Gasteiger partial charge in [-0.1, -0.05) is 0 Å². The predicted octanol–water partition coefficient (Wildman–Crippen LogP) is 1.48. The molecule has 0 unspecified atom stereocenters. The summed E-state index contributed by atoms with van der Waals surface area (Å²) >= 11 is 0. The molecule has 0 aliphatic carbocycles. The van der Waals surface area contributed by atoms with Crippen molar-refractivity contribution in [1.82, 2.24) is 0 Å². The number of ether oxygens (including phenoxy) is 1. The summed E-state index contributed by atoms with van der Waals surface area (Å²) in [5.74, 6) is -2.95. The van der Waals surface area contributed by atoms with Gasteiger partial charge in [-0.15, -0.1) is 0 Å². The maximum Gasteiger partial charge on any atom is 0.328 e. The molecule has 0 fully saturated rings. The van der Waals surface area contributed by atoms with Gasteiger partial charge in [0.2, 0.25) is 5.82 Å². The van der Waals surface area contributed by atoms with E-state index < -0.39 is 28.2 Å². The smallest absolute Gasteiger partial charge is 0.328 e. The Bertz CT molecular complexity index is 493. The maximum atomic E-state index is 13.3. The lowest BCUT2D eigenvalue weighted by Crippen LogP contribution is -2.27. The molecule has 0 atom stereocenters. The summed E-state index contributed by atoms with van der Waals surface area (Å²) in [5, 5.41) is 10.7. The van der Waals surface area contributed by atoms with Crippen molar-refractivity contribution < 1.29 is 23.2 Å². The molecular formula is C10H10F2N2O4. The molecule has 0 saturated heterocycles. The Kier molecular flexibility index (Phi) is 4.13. The fourth-order valence-electron chi connectivity index (χ4n) is 1.37. The van der Waals surface area contributed by atoms with Crippen LogP contribution in [0.25, 0.3) is 0 Å². The van der Waals surface area contributed by atoms with Crippen molar-refractivity contribution in [2.75, 3.05) is 25.6 Å². The fourth-order valence-corrected chi connectivity index (χ4v) is 1.37. The predicted molar refractivity (Wildman–Crippen MR) is 58.3 cm³/mol. The van der Waals surface area contributed by atoms with E-state index in [1.165, 1.54) is 7.05 Å². The molecule has 0 amide bonds. The lowest BCUT2D eigenvalue weighted by Gasteiger charge is -2.17. The van der Waals surface area contributed by atoms with Crippen molar-refractivity contribution in [2.24, 2.45) is 0 Å². The molecule has 0 aliphatic heterocycles. The molecule has 0 saturated carbocycles. The molecule has 0 radical (unpaired) electrons. The second-order valence-electron chi connectivity index (χ2n) is 3.44. The molecule has 0 heterocycles. The van der Waals surface area contributed by atoms with Gasteiger partial charge in [0.15, 0.2) is 0 Å². The van der Waals surface area contributed by atoms with E-state index in [0.29, 0.717) is 6.07 Å². The zero-order valence-electron chi connectivity index (χ0n) is 9.65. The molecule has 1 aromatic rings. The second kappa shape index (κ2) is 5.39. The largest absolute Gasteiger partial charge is 0.468 e. The average Bonchev–Trinajstić information content (AvgIpc) is 2.26. The number of nitrogens with zero attached hydrogens (tertiary/aromatic N) is 2. The monoisotopic (exact) mass is 260 g/mol. The summed E-state index contributed by atoms with van der Waals surface area (Å²) < 4.78 is 30.7. The summed E-state index contributed by atoms with van der Waals surface area (Å²) in [6.07, 6.45) is 0. The molecule has 0 N–H and O–H groups in total. The number of nitro groups is 1. The van der Waals surface area contributed by atoms with Gasteiger partial charge in [-0.05, 0) is 0 Å². The highest BCUT2D eigenvalue weighted by Gasteiger charge is 2.25. The number of carbonyl (C=O) groups excluding carboxylic acids is 1. The Labute approximate surface area is 101 Å². The van der Waals surface area contributed by atoms with E-state index in [1.807, 2.05) is 0 Å². The Morgan fingerprint density at radius 3 is 2.61 bits per heavy atom. The summed E-state index contributed by atoms with van der Waals surface area (Å²) in [4.78, 5) is 21.8. The van der Waals surface area contributed by atoms with E-state index in [1.54, 1.807) is 0 Å². The highest BCUT2D eigenvalue weighted by atomic mass is 19.1. The summed E-state index contributed by atoms with van der Waals surface area (Å²) in [7, 11) is 2.43. The van der Waals surface area contributed by atoms with Gasteiger partial charge < -0.3 is 9.64 Å². The quantitative estimate of drug-likeness (QED) is 0.466. The number of halogens is 2. The molecule has 0 bridgehead atoms. The summed E-state index contributed by atoms with van der Waals surface area (Å²) in [6.45, 7) is -0.361. The third-order valence-electron chi connectivity index (χ3n) is 2.20. The van der Waals surface area contributed by atoms with Gasteiger partial charge in [-0.3, -0.25) is 14.9 Å². The van der Waals surface area contributed by atoms with Crippen LogP contribution < -0.4 is 4.90 Å². The third-order valence-corrected chi connectivity index (χ3v) is 2.20. The molecule has 6 nitrogen and oxygen atoms in total. The topological polar surface area (TPSA) is 72.7 Å². The van der Waals surface area contributed by atoms with Crippen LogP contribution in [-0.4, -0.2) is 31.6 Å². The first-order valence-corrected chi connectivity index (χ1v) is 4.78. The van der Waals surface area contributed by atoms with E-state index in [0.717, 1.165) is 18.1 Å².